The van der Waals surface area contributed by atoms with Crippen molar-refractivity contribution in [1.29, 1.82) is 0 Å². The number of primary sulfonamides is 1. The monoisotopic (exact) mass is 297 g/mol. The summed E-state index contributed by atoms with van der Waals surface area (Å²) in [4.78, 5) is 13.8. The summed E-state index contributed by atoms with van der Waals surface area (Å²) < 4.78 is 23.0. The zero-order valence-electron chi connectivity index (χ0n) is 11.4. The fourth-order valence-corrected chi connectivity index (χ4v) is 3.08. The molecule has 1 atom stereocenters. The van der Waals surface area contributed by atoms with Crippen molar-refractivity contribution in [2.45, 2.75) is 24.7 Å². The third-order valence-electron chi connectivity index (χ3n) is 3.38. The fourth-order valence-electron chi connectivity index (χ4n) is 2.39. The molecule has 1 aromatic carbocycles. The number of benzene rings is 1. The third kappa shape index (κ3) is 3.49. The molecule has 1 aromatic rings. The number of nitrogens with zero attached hydrogens (tertiary/aromatic N) is 1. The van der Waals surface area contributed by atoms with Crippen LogP contribution in [0.15, 0.2) is 29.2 Å². The van der Waals surface area contributed by atoms with Crippen LogP contribution in [0.2, 0.25) is 0 Å². The van der Waals surface area contributed by atoms with Crippen LogP contribution in [0.4, 0.5) is 10.5 Å². The summed E-state index contributed by atoms with van der Waals surface area (Å²) in [5.74, 6) is 0.461. The molecule has 3 N–H and O–H groups in total. The van der Waals surface area contributed by atoms with Gasteiger partial charge >= 0.3 is 6.03 Å². The molecule has 1 heterocycles. The SMILES string of the molecule is CC1CCCN(C(=O)Nc2ccccc2S(N)(=O)=O)C1. The van der Waals surface area contributed by atoms with E-state index in [0.717, 1.165) is 12.8 Å². The lowest BCUT2D eigenvalue weighted by Crippen LogP contribution is -2.41. The number of carbonyl (C=O) groups is 1. The number of anilines is 1. The van der Waals surface area contributed by atoms with Gasteiger partial charge in [0, 0.05) is 13.1 Å². The van der Waals surface area contributed by atoms with Crippen LogP contribution in [0.5, 0.6) is 0 Å². The summed E-state index contributed by atoms with van der Waals surface area (Å²) in [7, 11) is -3.85. The number of urea groups is 1. The first kappa shape index (κ1) is 14.8. The third-order valence-corrected chi connectivity index (χ3v) is 4.35. The van der Waals surface area contributed by atoms with E-state index < -0.39 is 10.0 Å². The zero-order valence-corrected chi connectivity index (χ0v) is 12.2. The molecule has 0 saturated carbocycles. The van der Waals surface area contributed by atoms with Gasteiger partial charge in [0.05, 0.1) is 5.69 Å². The molecular weight excluding hydrogens is 278 g/mol. The van der Waals surface area contributed by atoms with Crippen molar-refractivity contribution < 1.29 is 13.2 Å². The van der Waals surface area contributed by atoms with Crippen LogP contribution >= 0.6 is 0 Å². The van der Waals surface area contributed by atoms with E-state index in [1.165, 1.54) is 12.1 Å². The first-order chi connectivity index (χ1) is 9.38. The second-order valence-electron chi connectivity index (χ2n) is 5.16. The van der Waals surface area contributed by atoms with Crippen LogP contribution in [-0.2, 0) is 10.0 Å². The largest absolute Gasteiger partial charge is 0.324 e. The van der Waals surface area contributed by atoms with Crippen molar-refractivity contribution in [1.82, 2.24) is 4.90 Å². The molecular formula is C13H19N3O3S. The van der Waals surface area contributed by atoms with Crippen molar-refractivity contribution in [3.8, 4) is 0 Å². The van der Waals surface area contributed by atoms with Crippen molar-refractivity contribution in [3.63, 3.8) is 0 Å². The lowest BCUT2D eigenvalue weighted by molar-refractivity contribution is 0.182. The van der Waals surface area contributed by atoms with Gasteiger partial charge in [-0.1, -0.05) is 19.1 Å². The molecule has 0 aromatic heterocycles. The van der Waals surface area contributed by atoms with Gasteiger partial charge in [0.25, 0.3) is 0 Å². The Morgan fingerprint density at radius 1 is 1.40 bits per heavy atom. The Morgan fingerprint density at radius 3 is 2.75 bits per heavy atom. The Kier molecular flexibility index (Phi) is 4.29. The number of amides is 2. The van der Waals surface area contributed by atoms with Crippen molar-refractivity contribution >= 4 is 21.7 Å². The number of nitrogens with one attached hydrogen (secondary N) is 1. The van der Waals surface area contributed by atoms with Crippen molar-refractivity contribution in [2.75, 3.05) is 18.4 Å². The van der Waals surface area contributed by atoms with E-state index in [9.17, 15) is 13.2 Å². The number of piperidine rings is 1. The van der Waals surface area contributed by atoms with Crippen LogP contribution in [-0.4, -0.2) is 32.4 Å². The van der Waals surface area contributed by atoms with Crippen LogP contribution in [0.25, 0.3) is 0 Å². The minimum atomic E-state index is -3.85. The molecule has 1 aliphatic rings. The molecule has 6 nitrogen and oxygen atoms in total. The number of nitrogens with two attached hydrogens (primary N) is 1. The molecule has 2 amide bonds. The summed E-state index contributed by atoms with van der Waals surface area (Å²) in [6, 6.07) is 5.85. The number of rotatable bonds is 2. The maximum atomic E-state index is 12.2. The predicted octanol–water partition coefficient (Wildman–Crippen LogP) is 1.60. The first-order valence-electron chi connectivity index (χ1n) is 6.55. The highest BCUT2D eigenvalue weighted by Gasteiger charge is 2.22. The van der Waals surface area contributed by atoms with Crippen molar-refractivity contribution in [3.05, 3.63) is 24.3 Å². The second-order valence-corrected chi connectivity index (χ2v) is 6.69. The van der Waals surface area contributed by atoms with E-state index >= 15 is 0 Å². The van der Waals surface area contributed by atoms with Crippen LogP contribution in [0, 0.1) is 5.92 Å². The minimum absolute atomic E-state index is 0.0709. The van der Waals surface area contributed by atoms with Gasteiger partial charge in [0.2, 0.25) is 10.0 Å². The number of sulfonamides is 1. The molecule has 20 heavy (non-hydrogen) atoms. The molecule has 110 valence electrons. The number of para-hydroxylation sites is 1. The molecule has 1 aliphatic heterocycles. The van der Waals surface area contributed by atoms with E-state index in [4.69, 9.17) is 5.14 Å². The molecule has 0 bridgehead atoms. The fraction of sp³-hybridized carbons (Fsp3) is 0.462. The molecule has 7 heteroatoms. The van der Waals surface area contributed by atoms with Gasteiger partial charge in [0.15, 0.2) is 0 Å². The zero-order chi connectivity index (χ0) is 14.8. The van der Waals surface area contributed by atoms with E-state index in [2.05, 4.69) is 12.2 Å². The number of hydrogen-bond donors (Lipinski definition) is 2. The lowest BCUT2D eigenvalue weighted by atomic mass is 10.0. The molecule has 0 aliphatic carbocycles. The highest BCUT2D eigenvalue weighted by atomic mass is 32.2. The normalized spacial score (nSPS) is 19.7. The Labute approximate surface area is 119 Å². The number of carbonyl (C=O) groups excluding carboxylic acids is 1. The molecule has 0 radical (unpaired) electrons. The van der Waals surface area contributed by atoms with Crippen LogP contribution < -0.4 is 10.5 Å². The van der Waals surface area contributed by atoms with Gasteiger partial charge < -0.3 is 10.2 Å². The van der Waals surface area contributed by atoms with Gasteiger partial charge in [-0.15, -0.1) is 0 Å². The van der Waals surface area contributed by atoms with Gasteiger partial charge in [0.1, 0.15) is 4.90 Å². The lowest BCUT2D eigenvalue weighted by Gasteiger charge is -2.31. The summed E-state index contributed by atoms with van der Waals surface area (Å²) in [5, 5.41) is 7.78. The van der Waals surface area contributed by atoms with Crippen LogP contribution in [0.1, 0.15) is 19.8 Å². The quantitative estimate of drug-likeness (QED) is 0.868. The average molecular weight is 297 g/mol. The first-order valence-corrected chi connectivity index (χ1v) is 8.10. The Morgan fingerprint density at radius 2 is 2.10 bits per heavy atom. The molecule has 1 saturated heterocycles. The number of likely N-dealkylation sites (tertiary alicyclic amines) is 1. The van der Waals surface area contributed by atoms with Gasteiger partial charge in [-0.2, -0.15) is 0 Å². The minimum Gasteiger partial charge on any atom is -0.324 e. The van der Waals surface area contributed by atoms with E-state index in [1.807, 2.05) is 0 Å². The molecule has 2 rings (SSSR count). The standard InChI is InChI=1S/C13H19N3O3S/c1-10-5-4-8-16(9-10)13(17)15-11-6-2-3-7-12(11)20(14,18)19/h2-3,6-7,10H,4-5,8-9H2,1H3,(H,15,17)(H2,14,18,19). The average Bonchev–Trinajstić information content (AvgIpc) is 2.38. The maximum absolute atomic E-state index is 12.2. The summed E-state index contributed by atoms with van der Waals surface area (Å²) in [6.45, 7) is 3.47. The number of hydrogen-bond acceptors (Lipinski definition) is 3. The second kappa shape index (κ2) is 5.80. The maximum Gasteiger partial charge on any atom is 0.321 e. The Hall–Kier alpha value is -1.60. The van der Waals surface area contributed by atoms with Crippen LogP contribution in [0.3, 0.4) is 0 Å². The Balaban J connectivity index is 2.16. The van der Waals surface area contributed by atoms with Crippen molar-refractivity contribution in [2.24, 2.45) is 11.1 Å². The highest BCUT2D eigenvalue weighted by Crippen LogP contribution is 2.21. The molecule has 1 unspecified atom stereocenters. The Bertz CT molecular complexity index is 601. The van der Waals surface area contributed by atoms with Gasteiger partial charge in [-0.25, -0.2) is 18.4 Å². The van der Waals surface area contributed by atoms with E-state index in [1.54, 1.807) is 17.0 Å². The highest BCUT2D eigenvalue weighted by molar-refractivity contribution is 7.89. The smallest absolute Gasteiger partial charge is 0.321 e. The summed E-state index contributed by atoms with van der Waals surface area (Å²) >= 11 is 0. The summed E-state index contributed by atoms with van der Waals surface area (Å²) in [5.41, 5.74) is 0.221. The predicted molar refractivity (Wildman–Crippen MR) is 76.8 cm³/mol. The van der Waals surface area contributed by atoms with Gasteiger partial charge in [-0.05, 0) is 30.9 Å². The molecule has 0 spiro atoms. The summed E-state index contributed by atoms with van der Waals surface area (Å²) in [6.07, 6.45) is 2.07. The topological polar surface area (TPSA) is 92.5 Å². The molecule has 1 fully saturated rings. The van der Waals surface area contributed by atoms with E-state index in [0.29, 0.717) is 19.0 Å². The van der Waals surface area contributed by atoms with E-state index in [-0.39, 0.29) is 16.6 Å². The van der Waals surface area contributed by atoms with Gasteiger partial charge in [-0.3, -0.25) is 0 Å².